The lowest BCUT2D eigenvalue weighted by molar-refractivity contribution is -0.128. The lowest BCUT2D eigenvalue weighted by Crippen LogP contribution is -2.59. The van der Waals surface area contributed by atoms with Crippen molar-refractivity contribution in [2.24, 2.45) is 11.7 Å². The SMILES string of the molecule is NC(=O)N1CCNCC1C(=O)C1CCCCC1. The highest BCUT2D eigenvalue weighted by molar-refractivity contribution is 5.90. The van der Waals surface area contributed by atoms with Crippen molar-refractivity contribution in [2.45, 2.75) is 38.1 Å². The summed E-state index contributed by atoms with van der Waals surface area (Å²) in [4.78, 5) is 25.2. The number of piperazine rings is 1. The molecule has 1 unspecified atom stereocenters. The molecule has 0 aromatic carbocycles. The summed E-state index contributed by atoms with van der Waals surface area (Å²) in [5, 5.41) is 3.17. The molecule has 2 rings (SSSR count). The number of Topliss-reactive ketones (excluding diaryl/α,β-unsaturated/α-hetero) is 1. The van der Waals surface area contributed by atoms with E-state index in [-0.39, 0.29) is 17.7 Å². The van der Waals surface area contributed by atoms with Gasteiger partial charge >= 0.3 is 6.03 Å². The molecule has 5 heteroatoms. The minimum Gasteiger partial charge on any atom is -0.351 e. The molecule has 1 aliphatic carbocycles. The Morgan fingerprint density at radius 3 is 2.53 bits per heavy atom. The van der Waals surface area contributed by atoms with Crippen molar-refractivity contribution in [3.63, 3.8) is 0 Å². The third kappa shape index (κ3) is 2.77. The van der Waals surface area contributed by atoms with Gasteiger partial charge in [0.1, 0.15) is 6.04 Å². The number of nitrogens with two attached hydrogens (primary N) is 1. The highest BCUT2D eigenvalue weighted by atomic mass is 16.2. The molecule has 1 saturated carbocycles. The van der Waals surface area contributed by atoms with Crippen LogP contribution in [0.5, 0.6) is 0 Å². The minimum absolute atomic E-state index is 0.135. The monoisotopic (exact) mass is 239 g/mol. The van der Waals surface area contributed by atoms with Crippen LogP contribution in [-0.4, -0.2) is 42.4 Å². The molecule has 1 saturated heterocycles. The highest BCUT2D eigenvalue weighted by Crippen LogP contribution is 2.26. The van der Waals surface area contributed by atoms with E-state index in [2.05, 4.69) is 5.32 Å². The largest absolute Gasteiger partial charge is 0.351 e. The Morgan fingerprint density at radius 2 is 1.88 bits per heavy atom. The maximum atomic E-state index is 12.4. The van der Waals surface area contributed by atoms with Crippen molar-refractivity contribution < 1.29 is 9.59 Å². The van der Waals surface area contributed by atoms with Gasteiger partial charge in [-0.2, -0.15) is 0 Å². The second kappa shape index (κ2) is 5.49. The summed E-state index contributed by atoms with van der Waals surface area (Å²) in [6.07, 6.45) is 5.44. The first-order chi connectivity index (χ1) is 8.20. The van der Waals surface area contributed by atoms with E-state index in [9.17, 15) is 9.59 Å². The fraction of sp³-hybridized carbons (Fsp3) is 0.833. The van der Waals surface area contributed by atoms with Crippen molar-refractivity contribution in [1.82, 2.24) is 10.2 Å². The molecule has 2 fully saturated rings. The molecule has 2 aliphatic rings. The topological polar surface area (TPSA) is 75.4 Å². The van der Waals surface area contributed by atoms with Gasteiger partial charge in [0.05, 0.1) is 0 Å². The predicted octanol–water partition coefficient (Wildman–Crippen LogP) is 0.488. The number of carbonyl (C=O) groups is 2. The van der Waals surface area contributed by atoms with Crippen LogP contribution < -0.4 is 11.1 Å². The highest BCUT2D eigenvalue weighted by Gasteiger charge is 2.35. The van der Waals surface area contributed by atoms with Gasteiger partial charge in [0.25, 0.3) is 0 Å². The summed E-state index contributed by atoms with van der Waals surface area (Å²) in [6.45, 7) is 1.81. The van der Waals surface area contributed by atoms with Gasteiger partial charge in [-0.3, -0.25) is 4.79 Å². The zero-order chi connectivity index (χ0) is 12.3. The molecule has 0 bridgehead atoms. The fourth-order valence-corrected chi connectivity index (χ4v) is 2.88. The molecule has 0 radical (unpaired) electrons. The van der Waals surface area contributed by atoms with Crippen LogP contribution in [-0.2, 0) is 4.79 Å². The average Bonchev–Trinajstić information content (AvgIpc) is 2.39. The molecule has 0 spiro atoms. The Kier molecular flexibility index (Phi) is 3.99. The van der Waals surface area contributed by atoms with E-state index in [0.717, 1.165) is 32.2 Å². The number of rotatable bonds is 2. The Balaban J connectivity index is 2.02. The van der Waals surface area contributed by atoms with Gasteiger partial charge < -0.3 is 16.0 Å². The van der Waals surface area contributed by atoms with Gasteiger partial charge in [0, 0.05) is 25.6 Å². The van der Waals surface area contributed by atoms with Gasteiger partial charge in [-0.1, -0.05) is 19.3 Å². The van der Waals surface area contributed by atoms with Gasteiger partial charge in [0.2, 0.25) is 0 Å². The molecule has 96 valence electrons. The van der Waals surface area contributed by atoms with E-state index < -0.39 is 6.03 Å². The maximum Gasteiger partial charge on any atom is 0.315 e. The molecule has 2 amide bonds. The molecule has 1 heterocycles. The van der Waals surface area contributed by atoms with Gasteiger partial charge in [0.15, 0.2) is 5.78 Å². The van der Waals surface area contributed by atoms with Crippen LogP contribution in [0.15, 0.2) is 0 Å². The Morgan fingerprint density at radius 1 is 1.18 bits per heavy atom. The van der Waals surface area contributed by atoms with Crippen LogP contribution in [0.4, 0.5) is 4.79 Å². The van der Waals surface area contributed by atoms with Crippen molar-refractivity contribution in [2.75, 3.05) is 19.6 Å². The number of hydrogen-bond acceptors (Lipinski definition) is 3. The molecule has 17 heavy (non-hydrogen) atoms. The van der Waals surface area contributed by atoms with Crippen LogP contribution in [0.2, 0.25) is 0 Å². The normalized spacial score (nSPS) is 26.8. The van der Waals surface area contributed by atoms with Crippen LogP contribution >= 0.6 is 0 Å². The number of amides is 2. The first kappa shape index (κ1) is 12.4. The summed E-state index contributed by atoms with van der Waals surface area (Å²) < 4.78 is 0. The molecular formula is C12H21N3O2. The Labute approximate surface area is 102 Å². The molecule has 0 aromatic heterocycles. The van der Waals surface area contributed by atoms with E-state index in [1.165, 1.54) is 11.3 Å². The van der Waals surface area contributed by atoms with Crippen molar-refractivity contribution >= 4 is 11.8 Å². The van der Waals surface area contributed by atoms with Crippen LogP contribution in [0.25, 0.3) is 0 Å². The van der Waals surface area contributed by atoms with Gasteiger partial charge in [-0.05, 0) is 12.8 Å². The molecule has 5 nitrogen and oxygen atoms in total. The van der Waals surface area contributed by atoms with Gasteiger partial charge in [-0.25, -0.2) is 4.79 Å². The summed E-state index contributed by atoms with van der Waals surface area (Å²) in [7, 11) is 0. The predicted molar refractivity (Wildman–Crippen MR) is 64.5 cm³/mol. The van der Waals surface area contributed by atoms with Crippen LogP contribution in [0.1, 0.15) is 32.1 Å². The van der Waals surface area contributed by atoms with Crippen LogP contribution in [0.3, 0.4) is 0 Å². The summed E-state index contributed by atoms with van der Waals surface area (Å²) >= 11 is 0. The first-order valence-corrected chi connectivity index (χ1v) is 6.50. The quantitative estimate of drug-likeness (QED) is 0.736. The standard InChI is InChI=1S/C12H21N3O2/c13-12(17)15-7-6-14-8-10(15)11(16)9-4-2-1-3-5-9/h9-10,14H,1-8H2,(H2,13,17). The third-order valence-electron chi connectivity index (χ3n) is 3.86. The van der Waals surface area contributed by atoms with E-state index in [1.807, 2.05) is 0 Å². The second-order valence-electron chi connectivity index (χ2n) is 4.99. The van der Waals surface area contributed by atoms with E-state index in [0.29, 0.717) is 13.1 Å². The average molecular weight is 239 g/mol. The zero-order valence-electron chi connectivity index (χ0n) is 10.2. The first-order valence-electron chi connectivity index (χ1n) is 6.50. The number of nitrogens with one attached hydrogen (secondary N) is 1. The number of nitrogens with zero attached hydrogens (tertiary/aromatic N) is 1. The molecule has 3 N–H and O–H groups in total. The summed E-state index contributed by atoms with van der Waals surface area (Å²) in [5.41, 5.74) is 5.33. The number of primary amides is 1. The minimum atomic E-state index is -0.472. The Bertz CT molecular complexity index is 300. The van der Waals surface area contributed by atoms with E-state index in [1.54, 1.807) is 0 Å². The maximum absolute atomic E-state index is 12.4. The van der Waals surface area contributed by atoms with E-state index in [4.69, 9.17) is 5.73 Å². The van der Waals surface area contributed by atoms with Crippen molar-refractivity contribution in [1.29, 1.82) is 0 Å². The lowest BCUT2D eigenvalue weighted by atomic mass is 9.83. The van der Waals surface area contributed by atoms with Crippen molar-refractivity contribution in [3.8, 4) is 0 Å². The number of urea groups is 1. The Hall–Kier alpha value is -1.10. The second-order valence-corrected chi connectivity index (χ2v) is 4.99. The molecule has 1 aliphatic heterocycles. The zero-order valence-corrected chi connectivity index (χ0v) is 10.2. The smallest absolute Gasteiger partial charge is 0.315 e. The number of ketones is 1. The molecule has 0 aromatic rings. The molecule has 1 atom stereocenters. The number of carbonyl (C=O) groups excluding carboxylic acids is 2. The van der Waals surface area contributed by atoms with Gasteiger partial charge in [-0.15, -0.1) is 0 Å². The lowest BCUT2D eigenvalue weighted by Gasteiger charge is -2.36. The summed E-state index contributed by atoms with van der Waals surface area (Å²) in [6, 6.07) is -0.815. The fourth-order valence-electron chi connectivity index (χ4n) is 2.88. The van der Waals surface area contributed by atoms with Crippen molar-refractivity contribution in [3.05, 3.63) is 0 Å². The molecular weight excluding hydrogens is 218 g/mol. The summed E-state index contributed by atoms with van der Waals surface area (Å²) in [5.74, 6) is 0.339. The van der Waals surface area contributed by atoms with Crippen LogP contribution in [0, 0.1) is 5.92 Å². The number of hydrogen-bond donors (Lipinski definition) is 2. The van der Waals surface area contributed by atoms with E-state index >= 15 is 0 Å². The third-order valence-corrected chi connectivity index (χ3v) is 3.86.